The van der Waals surface area contributed by atoms with E-state index in [2.05, 4.69) is 15.6 Å². The zero-order valence-electron chi connectivity index (χ0n) is 29.6. The number of aromatic hydroxyl groups is 1. The number of carbonyl (C=O) groups is 2. The number of hydrogen-bond acceptors (Lipinski definition) is 7. The van der Waals surface area contributed by atoms with Crippen molar-refractivity contribution in [3.63, 3.8) is 0 Å². The number of amides is 2. The van der Waals surface area contributed by atoms with Crippen LogP contribution in [0.15, 0.2) is 102 Å². The van der Waals surface area contributed by atoms with E-state index in [0.29, 0.717) is 54.5 Å². The fourth-order valence-corrected chi connectivity index (χ4v) is 7.14. The summed E-state index contributed by atoms with van der Waals surface area (Å²) < 4.78 is 0. The predicted molar refractivity (Wildman–Crippen MR) is 207 cm³/mol. The average molecular weight is 718 g/mol. The lowest BCUT2D eigenvalue weighted by atomic mass is 9.89. The van der Waals surface area contributed by atoms with Gasteiger partial charge in [-0.05, 0) is 84.5 Å². The van der Waals surface area contributed by atoms with Crippen molar-refractivity contribution >= 4 is 28.6 Å². The Balaban J connectivity index is 0.988. The van der Waals surface area contributed by atoms with E-state index in [1.807, 2.05) is 72.8 Å². The predicted octanol–water partition coefficient (Wildman–Crippen LogP) is 6.12. The number of phenolic OH excluding ortho intramolecular Hbond substituents is 1. The zero-order valence-corrected chi connectivity index (χ0v) is 29.6. The topological polar surface area (TPSA) is 181 Å². The van der Waals surface area contributed by atoms with E-state index in [1.165, 1.54) is 17.0 Å². The molecular formula is C42H47N5O6. The van der Waals surface area contributed by atoms with Crippen LogP contribution in [0.5, 0.6) is 5.75 Å². The van der Waals surface area contributed by atoms with Crippen LogP contribution in [0.4, 0.5) is 10.5 Å². The number of H-pyrrole nitrogens is 1. The van der Waals surface area contributed by atoms with Crippen molar-refractivity contribution in [2.45, 2.75) is 76.2 Å². The van der Waals surface area contributed by atoms with Gasteiger partial charge in [0.25, 0.3) is 0 Å². The van der Waals surface area contributed by atoms with Crippen LogP contribution < -0.4 is 26.8 Å². The van der Waals surface area contributed by atoms with Gasteiger partial charge in [-0.1, -0.05) is 72.8 Å². The van der Waals surface area contributed by atoms with Gasteiger partial charge in [-0.15, -0.1) is 0 Å². The Morgan fingerprint density at radius 2 is 1.57 bits per heavy atom. The molecule has 11 heteroatoms. The van der Waals surface area contributed by atoms with Crippen molar-refractivity contribution in [1.29, 1.82) is 0 Å². The molecule has 1 heterocycles. The SMILES string of the molecule is N[C@H]1CC[C@H](N(C(=O)O)c2cc(CCCC(=O)NCc3ccc(CNCC(O)c4ccc(O)c5[nH]c(=O)ccc45)cc3)ccc2-c2ccccc2)CC1. The maximum absolute atomic E-state index is 12.8. The van der Waals surface area contributed by atoms with Crippen LogP contribution in [-0.4, -0.2) is 50.9 Å². The second-order valence-corrected chi connectivity index (χ2v) is 13.8. The minimum absolute atomic E-state index is 0.0520. The number of aromatic nitrogens is 1. The first-order valence-corrected chi connectivity index (χ1v) is 18.2. The number of carboxylic acid groups (broad SMARTS) is 1. The quantitative estimate of drug-likeness (QED) is 0.0718. The Hall–Kier alpha value is -5.49. The Bertz CT molecular complexity index is 2080. The average Bonchev–Trinajstić information content (AvgIpc) is 3.16. The summed E-state index contributed by atoms with van der Waals surface area (Å²) in [5.41, 5.74) is 12.2. The van der Waals surface area contributed by atoms with E-state index in [0.717, 1.165) is 53.5 Å². The summed E-state index contributed by atoms with van der Waals surface area (Å²) >= 11 is 0. The van der Waals surface area contributed by atoms with Gasteiger partial charge < -0.3 is 36.7 Å². The number of aryl methyl sites for hydroxylation is 1. The van der Waals surface area contributed by atoms with E-state index >= 15 is 0 Å². The van der Waals surface area contributed by atoms with Crippen LogP contribution >= 0.6 is 0 Å². The summed E-state index contributed by atoms with van der Waals surface area (Å²) in [6, 6.07) is 29.7. The summed E-state index contributed by atoms with van der Waals surface area (Å²) in [6.45, 7) is 1.18. The number of aliphatic hydroxyl groups excluding tert-OH is 1. The summed E-state index contributed by atoms with van der Waals surface area (Å²) in [5, 5.41) is 38.1. The van der Waals surface area contributed by atoms with Gasteiger partial charge in [0.2, 0.25) is 11.5 Å². The molecule has 0 aliphatic heterocycles. The highest BCUT2D eigenvalue weighted by atomic mass is 16.4. The van der Waals surface area contributed by atoms with Crippen molar-refractivity contribution in [2.24, 2.45) is 5.73 Å². The molecule has 1 aliphatic carbocycles. The number of fused-ring (bicyclic) bond motifs is 1. The van der Waals surface area contributed by atoms with Crippen LogP contribution in [0, 0.1) is 0 Å². The summed E-state index contributed by atoms with van der Waals surface area (Å²) in [6.07, 6.45) is 2.81. The molecule has 0 saturated heterocycles. The summed E-state index contributed by atoms with van der Waals surface area (Å²) in [4.78, 5) is 41.3. The van der Waals surface area contributed by atoms with Crippen LogP contribution in [0.1, 0.15) is 66.9 Å². The maximum atomic E-state index is 12.8. The lowest BCUT2D eigenvalue weighted by molar-refractivity contribution is -0.121. The number of rotatable bonds is 14. The first-order valence-electron chi connectivity index (χ1n) is 18.2. The summed E-state index contributed by atoms with van der Waals surface area (Å²) in [5.74, 6) is -0.105. The van der Waals surface area contributed by atoms with E-state index in [1.54, 1.807) is 12.1 Å². The van der Waals surface area contributed by atoms with Crippen molar-refractivity contribution in [3.05, 3.63) is 130 Å². The number of aliphatic hydroxyl groups is 1. The number of pyridine rings is 1. The Morgan fingerprint density at radius 1 is 0.868 bits per heavy atom. The van der Waals surface area contributed by atoms with Crippen LogP contribution in [0.25, 0.3) is 22.0 Å². The van der Waals surface area contributed by atoms with Crippen LogP contribution in [0.2, 0.25) is 0 Å². The number of nitrogens with two attached hydrogens (primary N) is 1. The lowest BCUT2D eigenvalue weighted by Gasteiger charge is -2.35. The molecule has 2 amide bonds. The number of phenols is 1. The van der Waals surface area contributed by atoms with Crippen LogP contribution in [-0.2, 0) is 24.3 Å². The first-order chi connectivity index (χ1) is 25.7. The number of nitrogens with zero attached hydrogens (tertiary/aromatic N) is 1. The third kappa shape index (κ3) is 9.50. The smallest absolute Gasteiger partial charge is 0.412 e. The number of hydrogen-bond donors (Lipinski definition) is 7. The van der Waals surface area contributed by atoms with Gasteiger partial charge in [-0.3, -0.25) is 14.5 Å². The molecule has 8 N–H and O–H groups in total. The molecular weight excluding hydrogens is 670 g/mol. The highest BCUT2D eigenvalue weighted by molar-refractivity contribution is 5.94. The molecule has 276 valence electrons. The normalized spacial score (nSPS) is 16.3. The molecule has 1 saturated carbocycles. The van der Waals surface area contributed by atoms with Gasteiger partial charge in [0, 0.05) is 55.2 Å². The number of aromatic amines is 1. The maximum Gasteiger partial charge on any atom is 0.412 e. The lowest BCUT2D eigenvalue weighted by Crippen LogP contribution is -2.44. The molecule has 11 nitrogen and oxygen atoms in total. The Labute approximate surface area is 308 Å². The van der Waals surface area contributed by atoms with Crippen molar-refractivity contribution in [1.82, 2.24) is 15.6 Å². The molecule has 1 aromatic heterocycles. The molecule has 1 aliphatic rings. The monoisotopic (exact) mass is 717 g/mol. The second kappa shape index (κ2) is 17.4. The number of anilines is 1. The van der Waals surface area contributed by atoms with Crippen molar-refractivity contribution < 1.29 is 24.9 Å². The molecule has 1 fully saturated rings. The van der Waals surface area contributed by atoms with Gasteiger partial charge in [0.05, 0.1) is 17.3 Å². The molecule has 53 heavy (non-hydrogen) atoms. The highest BCUT2D eigenvalue weighted by Crippen LogP contribution is 2.36. The van der Waals surface area contributed by atoms with Crippen molar-refractivity contribution in [2.75, 3.05) is 11.4 Å². The van der Waals surface area contributed by atoms with Crippen molar-refractivity contribution in [3.8, 4) is 16.9 Å². The molecule has 0 bridgehead atoms. The third-order valence-electron chi connectivity index (χ3n) is 10.0. The van der Waals surface area contributed by atoms with Gasteiger partial charge in [-0.25, -0.2) is 4.79 Å². The molecule has 5 aromatic rings. The Morgan fingerprint density at radius 3 is 2.28 bits per heavy atom. The minimum atomic E-state index is -0.970. The van der Waals surface area contributed by atoms with E-state index < -0.39 is 12.2 Å². The number of benzene rings is 4. The van der Waals surface area contributed by atoms with Gasteiger partial charge in [0.15, 0.2) is 0 Å². The van der Waals surface area contributed by atoms with Gasteiger partial charge >= 0.3 is 6.09 Å². The first kappa shape index (κ1) is 37.3. The van der Waals surface area contributed by atoms with E-state index in [-0.39, 0.29) is 35.8 Å². The second-order valence-electron chi connectivity index (χ2n) is 13.8. The van der Waals surface area contributed by atoms with Gasteiger partial charge in [0.1, 0.15) is 5.75 Å². The zero-order chi connectivity index (χ0) is 37.3. The molecule has 6 rings (SSSR count). The van der Waals surface area contributed by atoms with E-state index in [9.17, 15) is 29.7 Å². The Kier molecular flexibility index (Phi) is 12.2. The number of carbonyl (C=O) groups excluding carboxylic acids is 1. The van der Waals surface area contributed by atoms with Crippen LogP contribution in [0.3, 0.4) is 0 Å². The molecule has 0 radical (unpaired) electrons. The van der Waals surface area contributed by atoms with E-state index in [4.69, 9.17) is 5.73 Å². The highest BCUT2D eigenvalue weighted by Gasteiger charge is 2.30. The molecule has 1 atom stereocenters. The minimum Gasteiger partial charge on any atom is -0.506 e. The summed E-state index contributed by atoms with van der Waals surface area (Å²) in [7, 11) is 0. The third-order valence-corrected chi connectivity index (χ3v) is 10.0. The number of nitrogens with one attached hydrogen (secondary N) is 3. The standard InChI is InChI=1S/C42H47N5O6/c43-31-14-16-32(17-15-31)47(42(52)53)36-23-27(13-18-33(36)30-6-2-1-3-7-30)5-4-8-39(50)45-25-29-11-9-28(10-12-29)24-44-26-38(49)34-19-21-37(48)41-35(34)20-22-40(51)46-41/h1-3,6-7,9-13,18-23,31-32,38,44,48-49H,4-5,8,14-17,24-26,43H2,(H,45,50)(H,46,51)(H,52,53)/t31-,32-,38?. The molecule has 1 unspecified atom stereocenters. The van der Waals surface area contributed by atoms with Gasteiger partial charge in [-0.2, -0.15) is 0 Å². The largest absolute Gasteiger partial charge is 0.506 e. The molecule has 4 aromatic carbocycles. The fraction of sp³-hybridized carbons (Fsp3) is 0.310. The fourth-order valence-electron chi connectivity index (χ4n) is 7.14. The molecule has 0 spiro atoms.